The summed E-state index contributed by atoms with van der Waals surface area (Å²) in [5, 5.41) is 0. The standard InChI is InChI=1S/C15H12O5/c16-15(6-4-12-2-1-7-17-12)18-9-11-3-5-13-14(8-11)20-10-19-13/h1-8H,9-10H2/b6-4+. The monoisotopic (exact) mass is 272 g/mol. The molecule has 0 aliphatic carbocycles. The molecule has 20 heavy (non-hydrogen) atoms. The van der Waals surface area contributed by atoms with Gasteiger partial charge in [-0.2, -0.15) is 0 Å². The number of carbonyl (C=O) groups is 1. The van der Waals surface area contributed by atoms with Gasteiger partial charge in [-0.1, -0.05) is 6.07 Å². The van der Waals surface area contributed by atoms with Crippen molar-refractivity contribution in [3.05, 3.63) is 54.0 Å². The van der Waals surface area contributed by atoms with Crippen molar-refractivity contribution in [2.75, 3.05) is 6.79 Å². The van der Waals surface area contributed by atoms with Gasteiger partial charge in [0.25, 0.3) is 0 Å². The van der Waals surface area contributed by atoms with E-state index in [1.165, 1.54) is 12.3 Å². The molecule has 0 unspecified atom stereocenters. The number of fused-ring (bicyclic) bond motifs is 1. The summed E-state index contributed by atoms with van der Waals surface area (Å²) in [5.74, 6) is 1.55. The highest BCUT2D eigenvalue weighted by molar-refractivity contribution is 5.86. The maximum Gasteiger partial charge on any atom is 0.331 e. The number of rotatable bonds is 4. The number of ether oxygens (including phenoxy) is 3. The van der Waals surface area contributed by atoms with Gasteiger partial charge in [0.1, 0.15) is 12.4 Å². The summed E-state index contributed by atoms with van der Waals surface area (Å²) in [6, 6.07) is 8.92. The molecule has 1 aromatic heterocycles. The second-order valence-electron chi connectivity index (χ2n) is 4.14. The predicted molar refractivity (Wildman–Crippen MR) is 70.1 cm³/mol. The zero-order valence-corrected chi connectivity index (χ0v) is 10.6. The molecule has 1 aliphatic heterocycles. The van der Waals surface area contributed by atoms with Crippen LogP contribution < -0.4 is 9.47 Å². The van der Waals surface area contributed by atoms with E-state index >= 15 is 0 Å². The van der Waals surface area contributed by atoms with Gasteiger partial charge in [0, 0.05) is 6.08 Å². The summed E-state index contributed by atoms with van der Waals surface area (Å²) in [5.41, 5.74) is 0.842. The number of benzene rings is 1. The molecule has 0 saturated carbocycles. The summed E-state index contributed by atoms with van der Waals surface area (Å²) in [6.07, 6.45) is 4.42. The Morgan fingerprint density at radius 3 is 3.00 bits per heavy atom. The Morgan fingerprint density at radius 2 is 2.15 bits per heavy atom. The summed E-state index contributed by atoms with van der Waals surface area (Å²) in [6.45, 7) is 0.405. The fraction of sp³-hybridized carbons (Fsp3) is 0.133. The van der Waals surface area contributed by atoms with Gasteiger partial charge >= 0.3 is 5.97 Å². The van der Waals surface area contributed by atoms with Crippen molar-refractivity contribution >= 4 is 12.0 Å². The first-order chi connectivity index (χ1) is 9.81. The van der Waals surface area contributed by atoms with Crippen molar-refractivity contribution < 1.29 is 23.4 Å². The molecule has 2 aromatic rings. The van der Waals surface area contributed by atoms with Gasteiger partial charge in [-0.3, -0.25) is 0 Å². The largest absolute Gasteiger partial charge is 0.465 e. The third kappa shape index (κ3) is 2.83. The molecule has 0 N–H and O–H groups in total. The molecule has 0 atom stereocenters. The van der Waals surface area contributed by atoms with E-state index in [2.05, 4.69) is 0 Å². The van der Waals surface area contributed by atoms with E-state index in [0.717, 1.165) is 5.56 Å². The zero-order chi connectivity index (χ0) is 13.8. The molecule has 2 heterocycles. The summed E-state index contributed by atoms with van der Waals surface area (Å²) in [7, 11) is 0. The molecule has 102 valence electrons. The van der Waals surface area contributed by atoms with Gasteiger partial charge in [0.05, 0.1) is 6.26 Å². The van der Waals surface area contributed by atoms with Gasteiger partial charge in [-0.15, -0.1) is 0 Å². The minimum atomic E-state index is -0.431. The summed E-state index contributed by atoms with van der Waals surface area (Å²) < 4.78 is 20.7. The van der Waals surface area contributed by atoms with Crippen LogP contribution in [0.4, 0.5) is 0 Å². The quantitative estimate of drug-likeness (QED) is 0.632. The second-order valence-corrected chi connectivity index (χ2v) is 4.14. The minimum absolute atomic E-state index is 0.179. The van der Waals surface area contributed by atoms with Crippen LogP contribution >= 0.6 is 0 Å². The fourth-order valence-corrected chi connectivity index (χ4v) is 1.77. The Bertz CT molecular complexity index is 628. The molecule has 1 aliphatic rings. The second kappa shape index (κ2) is 5.52. The van der Waals surface area contributed by atoms with E-state index < -0.39 is 5.97 Å². The van der Waals surface area contributed by atoms with Crippen molar-refractivity contribution in [3.8, 4) is 11.5 Å². The van der Waals surface area contributed by atoms with Crippen LogP contribution in [0.25, 0.3) is 6.08 Å². The number of hydrogen-bond acceptors (Lipinski definition) is 5. The highest BCUT2D eigenvalue weighted by atomic mass is 16.7. The first-order valence-corrected chi connectivity index (χ1v) is 6.08. The minimum Gasteiger partial charge on any atom is -0.465 e. The average Bonchev–Trinajstić information content (AvgIpc) is 3.13. The number of carbonyl (C=O) groups excluding carboxylic acids is 1. The Morgan fingerprint density at radius 1 is 1.25 bits per heavy atom. The van der Waals surface area contributed by atoms with Crippen LogP contribution in [0.2, 0.25) is 0 Å². The van der Waals surface area contributed by atoms with Gasteiger partial charge in [-0.05, 0) is 35.9 Å². The lowest BCUT2D eigenvalue weighted by atomic mass is 10.2. The Kier molecular flexibility index (Phi) is 3.41. The molecule has 5 heteroatoms. The normalized spacial score (nSPS) is 12.8. The van der Waals surface area contributed by atoms with E-state index in [4.69, 9.17) is 18.6 Å². The Balaban J connectivity index is 1.55. The molecule has 5 nitrogen and oxygen atoms in total. The van der Waals surface area contributed by atoms with E-state index in [1.807, 2.05) is 6.07 Å². The van der Waals surface area contributed by atoms with Gasteiger partial charge in [0.15, 0.2) is 11.5 Å². The van der Waals surface area contributed by atoms with Crippen LogP contribution in [-0.4, -0.2) is 12.8 Å². The van der Waals surface area contributed by atoms with Crippen LogP contribution in [0.1, 0.15) is 11.3 Å². The van der Waals surface area contributed by atoms with Crippen molar-refractivity contribution in [2.45, 2.75) is 6.61 Å². The molecule has 0 bridgehead atoms. The molecule has 0 radical (unpaired) electrons. The topological polar surface area (TPSA) is 57.9 Å². The predicted octanol–water partition coefficient (Wildman–Crippen LogP) is 2.76. The third-order valence-electron chi connectivity index (χ3n) is 2.74. The molecule has 1 aromatic carbocycles. The lowest BCUT2D eigenvalue weighted by Crippen LogP contribution is -2.00. The number of furan rings is 1. The van der Waals surface area contributed by atoms with Crippen molar-refractivity contribution in [1.29, 1.82) is 0 Å². The van der Waals surface area contributed by atoms with E-state index in [1.54, 1.807) is 30.3 Å². The highest BCUT2D eigenvalue weighted by Gasteiger charge is 2.13. The summed E-state index contributed by atoms with van der Waals surface area (Å²) in [4.78, 5) is 11.5. The number of esters is 1. The fourth-order valence-electron chi connectivity index (χ4n) is 1.77. The maximum atomic E-state index is 11.5. The lowest BCUT2D eigenvalue weighted by Gasteiger charge is -2.03. The average molecular weight is 272 g/mol. The first kappa shape index (κ1) is 12.3. The molecule has 0 amide bonds. The van der Waals surface area contributed by atoms with Gasteiger partial charge in [-0.25, -0.2) is 4.79 Å². The molecule has 0 fully saturated rings. The van der Waals surface area contributed by atoms with Crippen LogP contribution in [-0.2, 0) is 16.1 Å². The molecule has 3 rings (SSSR count). The Hall–Kier alpha value is -2.69. The smallest absolute Gasteiger partial charge is 0.331 e. The van der Waals surface area contributed by atoms with Crippen LogP contribution in [0, 0.1) is 0 Å². The highest BCUT2D eigenvalue weighted by Crippen LogP contribution is 2.32. The molecule has 0 spiro atoms. The molecular weight excluding hydrogens is 260 g/mol. The molecular formula is C15H12O5. The van der Waals surface area contributed by atoms with Crippen LogP contribution in [0.3, 0.4) is 0 Å². The Labute approximate surface area is 115 Å². The SMILES string of the molecule is O=C(/C=C/c1ccco1)OCc1ccc2c(c1)OCO2. The third-order valence-corrected chi connectivity index (χ3v) is 2.74. The lowest BCUT2D eigenvalue weighted by molar-refractivity contribution is -0.138. The maximum absolute atomic E-state index is 11.5. The zero-order valence-electron chi connectivity index (χ0n) is 10.6. The molecule has 0 saturated heterocycles. The van der Waals surface area contributed by atoms with E-state index in [0.29, 0.717) is 17.3 Å². The van der Waals surface area contributed by atoms with Crippen molar-refractivity contribution in [2.24, 2.45) is 0 Å². The first-order valence-electron chi connectivity index (χ1n) is 6.08. The summed E-state index contributed by atoms with van der Waals surface area (Å²) >= 11 is 0. The van der Waals surface area contributed by atoms with Gasteiger partial charge < -0.3 is 18.6 Å². The van der Waals surface area contributed by atoms with Crippen LogP contribution in [0.5, 0.6) is 11.5 Å². The van der Waals surface area contributed by atoms with E-state index in [-0.39, 0.29) is 13.4 Å². The van der Waals surface area contributed by atoms with Gasteiger partial charge in [0.2, 0.25) is 6.79 Å². The van der Waals surface area contributed by atoms with Crippen LogP contribution in [0.15, 0.2) is 47.1 Å². The van der Waals surface area contributed by atoms with Crippen molar-refractivity contribution in [3.63, 3.8) is 0 Å². The van der Waals surface area contributed by atoms with Crippen molar-refractivity contribution in [1.82, 2.24) is 0 Å². The number of hydrogen-bond donors (Lipinski definition) is 0. The van der Waals surface area contributed by atoms with E-state index in [9.17, 15) is 4.79 Å².